The van der Waals surface area contributed by atoms with Gasteiger partial charge in [-0.3, -0.25) is 14.5 Å². The molecule has 0 atom stereocenters. The summed E-state index contributed by atoms with van der Waals surface area (Å²) in [5, 5.41) is -0.118. The van der Waals surface area contributed by atoms with E-state index >= 15 is 0 Å². The minimum Gasteiger partial charge on any atom is -0.493 e. The predicted molar refractivity (Wildman–Crippen MR) is 140 cm³/mol. The first-order valence-corrected chi connectivity index (χ1v) is 12.3. The highest BCUT2D eigenvalue weighted by Gasteiger charge is 2.35. The largest absolute Gasteiger partial charge is 0.493 e. The quantitative estimate of drug-likeness (QED) is 0.140. The van der Waals surface area contributed by atoms with Gasteiger partial charge >= 0.3 is 5.97 Å². The third-order valence-electron chi connectivity index (χ3n) is 4.93. The summed E-state index contributed by atoms with van der Waals surface area (Å²) in [7, 11) is 1.45. The fraction of sp³-hybridized carbons (Fsp3) is 0.0800. The number of ether oxygens (including phenoxy) is 2. The van der Waals surface area contributed by atoms with Gasteiger partial charge in [0.2, 0.25) is 0 Å². The molecule has 0 spiro atoms. The molecule has 1 aliphatic heterocycles. The Morgan fingerprint density at radius 1 is 1.06 bits per heavy atom. The summed E-state index contributed by atoms with van der Waals surface area (Å²) in [6.07, 6.45) is 1.52. The minimum absolute atomic E-state index is 0.124. The number of benzene rings is 3. The van der Waals surface area contributed by atoms with Crippen molar-refractivity contribution in [2.75, 3.05) is 7.11 Å². The van der Waals surface area contributed by atoms with Gasteiger partial charge < -0.3 is 9.47 Å². The molecular formula is C25H17ClINO5S. The monoisotopic (exact) mass is 605 g/mol. The number of hydrogen-bond donors (Lipinski definition) is 0. The first kappa shape index (κ1) is 24.3. The van der Waals surface area contributed by atoms with Crippen molar-refractivity contribution in [1.29, 1.82) is 0 Å². The van der Waals surface area contributed by atoms with E-state index in [9.17, 15) is 14.4 Å². The van der Waals surface area contributed by atoms with Gasteiger partial charge in [0.15, 0.2) is 11.5 Å². The van der Waals surface area contributed by atoms with Gasteiger partial charge in [-0.15, -0.1) is 0 Å². The van der Waals surface area contributed by atoms with Crippen LogP contribution >= 0.6 is 46.0 Å². The van der Waals surface area contributed by atoms with Crippen molar-refractivity contribution in [3.63, 3.8) is 0 Å². The van der Waals surface area contributed by atoms with Crippen LogP contribution in [0.3, 0.4) is 0 Å². The molecule has 0 N–H and O–H groups in total. The van der Waals surface area contributed by atoms with Crippen molar-refractivity contribution in [2.24, 2.45) is 0 Å². The molecule has 0 bridgehead atoms. The van der Waals surface area contributed by atoms with Gasteiger partial charge in [0, 0.05) is 9.13 Å². The Bertz CT molecular complexity index is 1310. The molecule has 0 aromatic heterocycles. The summed E-state index contributed by atoms with van der Waals surface area (Å²) >= 11 is 9.15. The zero-order valence-electron chi connectivity index (χ0n) is 17.8. The first-order chi connectivity index (χ1) is 16.4. The van der Waals surface area contributed by atoms with Crippen molar-refractivity contribution < 1.29 is 23.9 Å². The van der Waals surface area contributed by atoms with E-state index in [1.807, 2.05) is 24.3 Å². The van der Waals surface area contributed by atoms with Crippen LogP contribution in [-0.4, -0.2) is 29.1 Å². The van der Waals surface area contributed by atoms with E-state index < -0.39 is 11.9 Å². The number of nitrogens with zero attached hydrogens (tertiary/aromatic N) is 1. The van der Waals surface area contributed by atoms with Crippen LogP contribution in [0.5, 0.6) is 11.5 Å². The Balaban J connectivity index is 1.63. The van der Waals surface area contributed by atoms with Crippen LogP contribution in [0.2, 0.25) is 5.02 Å². The maximum atomic E-state index is 13.0. The molecule has 0 unspecified atom stereocenters. The molecule has 3 aromatic carbocycles. The third kappa shape index (κ3) is 5.29. The lowest BCUT2D eigenvalue weighted by molar-refractivity contribution is -0.123. The molecule has 1 saturated heterocycles. The SMILES string of the molecule is COc1cccc(/C=C2\SC(=O)N(Cc3ccc(I)cc3)C2=O)c1OC(=O)c1ccccc1Cl. The summed E-state index contributed by atoms with van der Waals surface area (Å²) in [5.41, 5.74) is 1.46. The summed E-state index contributed by atoms with van der Waals surface area (Å²) < 4.78 is 12.1. The molecule has 1 heterocycles. The predicted octanol–water partition coefficient (Wildman–Crippen LogP) is 6.41. The second-order valence-electron chi connectivity index (χ2n) is 7.14. The normalized spacial score (nSPS) is 14.6. The highest BCUT2D eigenvalue weighted by atomic mass is 127. The zero-order chi connectivity index (χ0) is 24.2. The molecule has 0 aliphatic carbocycles. The van der Waals surface area contributed by atoms with E-state index in [1.165, 1.54) is 18.1 Å². The smallest absolute Gasteiger partial charge is 0.345 e. The van der Waals surface area contributed by atoms with Gasteiger partial charge in [0.1, 0.15) is 0 Å². The van der Waals surface area contributed by atoms with E-state index in [2.05, 4.69) is 22.6 Å². The van der Waals surface area contributed by atoms with Crippen LogP contribution in [0.1, 0.15) is 21.5 Å². The van der Waals surface area contributed by atoms with Gasteiger partial charge in [0.25, 0.3) is 11.1 Å². The van der Waals surface area contributed by atoms with Crippen LogP contribution in [0.25, 0.3) is 6.08 Å². The van der Waals surface area contributed by atoms with Gasteiger partial charge in [-0.25, -0.2) is 4.79 Å². The van der Waals surface area contributed by atoms with Gasteiger partial charge in [-0.1, -0.05) is 48.0 Å². The van der Waals surface area contributed by atoms with E-state index in [-0.39, 0.29) is 33.0 Å². The number of imide groups is 1. The standard InChI is InChI=1S/C25H17ClINO5S/c1-32-20-8-4-5-16(22(20)33-24(30)18-6-2-3-7-19(18)26)13-21-23(29)28(25(31)34-21)14-15-9-11-17(27)12-10-15/h2-13H,14H2,1H3/b21-13-. The molecule has 3 aromatic rings. The first-order valence-electron chi connectivity index (χ1n) is 10.0. The molecule has 9 heteroatoms. The van der Waals surface area contributed by atoms with Crippen molar-refractivity contribution in [2.45, 2.75) is 6.54 Å². The second kappa shape index (κ2) is 10.6. The van der Waals surface area contributed by atoms with Crippen molar-refractivity contribution in [1.82, 2.24) is 4.90 Å². The number of esters is 1. The molecular weight excluding hydrogens is 589 g/mol. The minimum atomic E-state index is -0.670. The average molecular weight is 606 g/mol. The molecule has 0 saturated carbocycles. The van der Waals surface area contributed by atoms with Gasteiger partial charge in [-0.2, -0.15) is 0 Å². The van der Waals surface area contributed by atoms with Crippen LogP contribution in [-0.2, 0) is 11.3 Å². The number of methoxy groups -OCH3 is 1. The van der Waals surface area contributed by atoms with Gasteiger partial charge in [0.05, 0.1) is 29.1 Å². The Labute approximate surface area is 219 Å². The Hall–Kier alpha value is -2.82. The lowest BCUT2D eigenvalue weighted by atomic mass is 10.1. The van der Waals surface area contributed by atoms with E-state index in [4.69, 9.17) is 21.1 Å². The van der Waals surface area contributed by atoms with Crippen LogP contribution in [0, 0.1) is 3.57 Å². The van der Waals surface area contributed by atoms with Crippen LogP contribution in [0.15, 0.2) is 71.6 Å². The van der Waals surface area contributed by atoms with Gasteiger partial charge in [-0.05, 0) is 76.3 Å². The molecule has 6 nitrogen and oxygen atoms in total. The van der Waals surface area contributed by atoms with E-state index in [1.54, 1.807) is 42.5 Å². The number of carbonyl (C=O) groups is 3. The number of para-hydroxylation sites is 1. The number of thioether (sulfide) groups is 1. The molecule has 0 radical (unpaired) electrons. The number of hydrogen-bond acceptors (Lipinski definition) is 6. The van der Waals surface area contributed by atoms with E-state index in [0.29, 0.717) is 11.3 Å². The maximum Gasteiger partial charge on any atom is 0.345 e. The lowest BCUT2D eigenvalue weighted by Crippen LogP contribution is -2.27. The maximum absolute atomic E-state index is 13.0. The summed E-state index contributed by atoms with van der Waals surface area (Å²) in [5.74, 6) is -0.664. The summed E-state index contributed by atoms with van der Waals surface area (Å²) in [6, 6.07) is 19.1. The van der Waals surface area contributed by atoms with E-state index in [0.717, 1.165) is 20.9 Å². The molecule has 172 valence electrons. The molecule has 1 aliphatic rings. The van der Waals surface area contributed by atoms with Crippen molar-refractivity contribution in [3.05, 3.63) is 96.9 Å². The summed E-state index contributed by atoms with van der Waals surface area (Å²) in [4.78, 5) is 39.7. The summed E-state index contributed by atoms with van der Waals surface area (Å²) in [6.45, 7) is 0.172. The highest BCUT2D eigenvalue weighted by molar-refractivity contribution is 14.1. The number of rotatable bonds is 6. The lowest BCUT2D eigenvalue weighted by Gasteiger charge is -2.13. The molecule has 2 amide bonds. The number of halogens is 2. The molecule has 4 rings (SSSR count). The van der Waals surface area contributed by atoms with Crippen molar-refractivity contribution >= 4 is 69.1 Å². The van der Waals surface area contributed by atoms with Crippen LogP contribution in [0.4, 0.5) is 4.79 Å². The fourth-order valence-corrected chi connectivity index (χ4v) is 4.64. The zero-order valence-corrected chi connectivity index (χ0v) is 21.5. The molecule has 34 heavy (non-hydrogen) atoms. The second-order valence-corrected chi connectivity index (χ2v) is 9.79. The molecule has 1 fully saturated rings. The van der Waals surface area contributed by atoms with Crippen molar-refractivity contribution in [3.8, 4) is 11.5 Å². The third-order valence-corrected chi connectivity index (χ3v) is 6.89. The van der Waals surface area contributed by atoms with Crippen LogP contribution < -0.4 is 9.47 Å². The number of carbonyl (C=O) groups excluding carboxylic acids is 3. The Kier molecular flexibility index (Phi) is 7.60. The Morgan fingerprint density at radius 3 is 2.50 bits per heavy atom. The average Bonchev–Trinajstić information content (AvgIpc) is 3.09. The fourth-order valence-electron chi connectivity index (χ4n) is 3.24. The highest BCUT2D eigenvalue weighted by Crippen LogP contribution is 2.38. The topological polar surface area (TPSA) is 72.9 Å². The number of amides is 2. The Morgan fingerprint density at radius 2 is 1.79 bits per heavy atom.